The first-order chi connectivity index (χ1) is 22.9. The molecule has 0 amide bonds. The van der Waals surface area contributed by atoms with Crippen molar-refractivity contribution in [3.63, 3.8) is 0 Å². The van der Waals surface area contributed by atoms with Gasteiger partial charge in [0.2, 0.25) is 0 Å². The summed E-state index contributed by atoms with van der Waals surface area (Å²) in [5, 5.41) is 3.22. The van der Waals surface area contributed by atoms with E-state index in [2.05, 4.69) is 139 Å². The topological polar surface area (TPSA) is 6.48 Å². The van der Waals surface area contributed by atoms with Gasteiger partial charge in [0.1, 0.15) is 0 Å². The normalized spacial score (nSPS) is 24.4. The summed E-state index contributed by atoms with van der Waals surface area (Å²) in [5.41, 5.74) is 1.82. The van der Waals surface area contributed by atoms with Crippen molar-refractivity contribution in [1.82, 2.24) is 9.80 Å². The van der Waals surface area contributed by atoms with Gasteiger partial charge in [-0.2, -0.15) is 0 Å². The van der Waals surface area contributed by atoms with Crippen LogP contribution in [0.15, 0.2) is 60.7 Å². The van der Waals surface area contributed by atoms with Gasteiger partial charge in [-0.25, -0.2) is 0 Å². The Balaban J connectivity index is 0.000000378. The van der Waals surface area contributed by atoms with Crippen LogP contribution in [0.3, 0.4) is 0 Å². The molecule has 0 radical (unpaired) electrons. The molecule has 50 heavy (non-hydrogen) atoms. The van der Waals surface area contributed by atoms with Gasteiger partial charge in [-0.05, 0) is 105 Å². The van der Waals surface area contributed by atoms with E-state index in [1.807, 2.05) is 0 Å². The minimum atomic E-state index is -1.02. The van der Waals surface area contributed by atoms with Gasteiger partial charge in [-0.15, -0.1) is 0 Å². The van der Waals surface area contributed by atoms with Crippen molar-refractivity contribution in [2.24, 2.45) is 11.8 Å². The summed E-state index contributed by atoms with van der Waals surface area (Å²) in [6.07, 6.45) is 23.5. The van der Waals surface area contributed by atoms with Gasteiger partial charge in [-0.1, -0.05) is 101 Å². The largest absolute Gasteiger partial charge is 0.306 e. The van der Waals surface area contributed by atoms with Crippen molar-refractivity contribution < 1.29 is 34.1 Å². The smallest absolute Gasteiger partial charge is 0.0936 e. The molecule has 0 heterocycles. The molecule has 6 rings (SSSR count). The van der Waals surface area contributed by atoms with Crippen molar-refractivity contribution in [2.45, 2.75) is 140 Å². The summed E-state index contributed by atoms with van der Waals surface area (Å²) < 4.78 is 0. The maximum Gasteiger partial charge on any atom is 0.0936 e. The van der Waals surface area contributed by atoms with Crippen LogP contribution in [0.1, 0.15) is 117 Å². The number of benzene rings is 2. The van der Waals surface area contributed by atoms with Crippen LogP contribution in [-0.2, 0) is 34.1 Å². The van der Waals surface area contributed by atoms with Crippen LogP contribution in [0.2, 0.25) is 0 Å². The van der Waals surface area contributed by atoms with Gasteiger partial charge in [0.15, 0.2) is 0 Å². The number of hydrogen-bond acceptors (Lipinski definition) is 2. The van der Waals surface area contributed by atoms with E-state index in [0.717, 1.165) is 23.2 Å². The zero-order chi connectivity index (χ0) is 35.2. The zero-order valence-electron chi connectivity index (χ0n) is 34.0. The fourth-order valence-corrected chi connectivity index (χ4v) is 16.2. The second-order valence-corrected chi connectivity index (χ2v) is 25.5. The fourth-order valence-electron chi connectivity index (χ4n) is 9.21. The van der Waals surface area contributed by atoms with Crippen LogP contribution >= 0.6 is 14.5 Å². The van der Waals surface area contributed by atoms with E-state index in [-0.39, 0.29) is 34.1 Å². The van der Waals surface area contributed by atoms with Crippen molar-refractivity contribution in [3.8, 4) is 0 Å². The van der Waals surface area contributed by atoms with Crippen LogP contribution in [0.25, 0.3) is 0 Å². The Bertz CT molecular complexity index is 1010. The van der Waals surface area contributed by atoms with E-state index in [1.54, 1.807) is 10.6 Å². The average molecular weight is 809 g/mol. The molecule has 0 spiro atoms. The first kappa shape index (κ1) is 48.3. The zero-order valence-corrected chi connectivity index (χ0v) is 38.0. The summed E-state index contributed by atoms with van der Waals surface area (Å²) in [6, 6.07) is 23.9. The number of nitrogens with zero attached hydrogens (tertiary/aromatic N) is 2. The molecule has 4 saturated carbocycles. The van der Waals surface area contributed by atoms with E-state index in [4.69, 9.17) is 0 Å². The van der Waals surface area contributed by atoms with Gasteiger partial charge in [0, 0.05) is 72.6 Å². The molecule has 288 valence electrons. The van der Waals surface area contributed by atoms with E-state index in [1.165, 1.54) is 103 Å². The van der Waals surface area contributed by atoms with Crippen LogP contribution in [0.5, 0.6) is 0 Å². The molecule has 0 bridgehead atoms. The first-order valence-electron chi connectivity index (χ1n) is 20.0. The van der Waals surface area contributed by atoms with Gasteiger partial charge in [0.25, 0.3) is 0 Å². The Morgan fingerprint density at radius 1 is 0.440 bits per heavy atom. The van der Waals surface area contributed by atoms with Crippen LogP contribution in [-0.4, -0.2) is 88.1 Å². The molecule has 6 heteroatoms. The Kier molecular flexibility index (Phi) is 23.8. The quantitative estimate of drug-likeness (QED) is 0.194. The Hall–Kier alpha value is 0.259. The molecule has 0 aliphatic heterocycles. The minimum Gasteiger partial charge on any atom is -0.306 e. The van der Waals surface area contributed by atoms with E-state index in [9.17, 15) is 0 Å². The van der Waals surface area contributed by atoms with E-state index in [0.29, 0.717) is 12.1 Å². The van der Waals surface area contributed by atoms with Gasteiger partial charge >= 0.3 is 0 Å². The molecule has 4 aliphatic rings. The summed E-state index contributed by atoms with van der Waals surface area (Å²) in [6.45, 7) is 15.0. The first-order valence-corrected chi connectivity index (χ1v) is 25.5. The van der Waals surface area contributed by atoms with E-state index < -0.39 is 14.5 Å². The van der Waals surface area contributed by atoms with Gasteiger partial charge in [-0.3, -0.25) is 0 Å². The third kappa shape index (κ3) is 14.5. The SMILES string of the molecule is C1CCCC1.C1CCCC1.C[C@H](C1CCCC1[P+](C)(C)c1ccccc1)N(C)C.C[C@H](C1CCCC1[P+](C)(C)c1ccccc1)N(C)C.[Fe].[Fe]. The molecule has 2 aromatic carbocycles. The summed E-state index contributed by atoms with van der Waals surface area (Å²) in [5.74, 6) is 1.75. The Labute approximate surface area is 334 Å². The Morgan fingerprint density at radius 2 is 0.700 bits per heavy atom. The third-order valence-corrected chi connectivity index (χ3v) is 20.8. The van der Waals surface area contributed by atoms with E-state index >= 15 is 0 Å². The monoisotopic (exact) mass is 808 g/mol. The molecule has 0 N–H and O–H groups in total. The third-order valence-electron chi connectivity index (χ3n) is 12.9. The molecule has 0 aromatic heterocycles. The van der Waals surface area contributed by atoms with Gasteiger partial charge < -0.3 is 9.80 Å². The molecule has 4 fully saturated rings. The maximum atomic E-state index is 2.55. The maximum absolute atomic E-state index is 2.55. The second kappa shape index (κ2) is 24.6. The van der Waals surface area contributed by atoms with Crippen molar-refractivity contribution in [2.75, 3.05) is 54.8 Å². The standard InChI is InChI=1S/2C17H29NP.2C5H10.2Fe/c2*1-14(18(2)3)16-12-9-13-17(16)19(4,5)15-10-7-6-8-11-15;2*1-2-4-5-3-1;;/h2*6-8,10-11,14,16-17H,9,12-13H2,1-5H3;2*1-5H2;;/q2*+1;;;;/t2*14-,16?,17?;;;;/m11..../s1. The molecule has 2 nitrogen and oxygen atoms in total. The molecule has 4 unspecified atom stereocenters. The second-order valence-electron chi connectivity index (χ2n) is 17.0. The Morgan fingerprint density at radius 3 is 0.940 bits per heavy atom. The van der Waals surface area contributed by atoms with Crippen LogP contribution in [0.4, 0.5) is 0 Å². The van der Waals surface area contributed by atoms with Crippen molar-refractivity contribution in [1.29, 1.82) is 0 Å². The molecule has 2 aromatic rings. The molecular weight excluding hydrogens is 730 g/mol. The molecular formula is C44H78Fe2N2P2+2. The summed E-state index contributed by atoms with van der Waals surface area (Å²) >= 11 is 0. The number of rotatable bonds is 8. The molecule has 4 aliphatic carbocycles. The van der Waals surface area contributed by atoms with Crippen molar-refractivity contribution >= 4 is 25.1 Å². The predicted octanol–water partition coefficient (Wildman–Crippen LogP) is 11.3. The summed E-state index contributed by atoms with van der Waals surface area (Å²) in [4.78, 5) is 4.82. The van der Waals surface area contributed by atoms with Crippen LogP contribution in [0, 0.1) is 11.8 Å². The van der Waals surface area contributed by atoms with Crippen LogP contribution < -0.4 is 10.6 Å². The average Bonchev–Trinajstić information content (AvgIpc) is 3.93. The fraction of sp³-hybridized carbons (Fsp3) is 0.727. The van der Waals surface area contributed by atoms with Gasteiger partial charge in [0.05, 0.1) is 48.6 Å². The summed E-state index contributed by atoms with van der Waals surface area (Å²) in [7, 11) is 6.88. The number of hydrogen-bond donors (Lipinski definition) is 0. The molecule has 0 saturated heterocycles. The van der Waals surface area contributed by atoms with Crippen molar-refractivity contribution in [3.05, 3.63) is 60.7 Å². The predicted molar refractivity (Wildman–Crippen MR) is 224 cm³/mol. The molecule has 6 atom stereocenters. The minimum absolute atomic E-state index is 0.